The molecule has 3 aromatic rings. The number of hydrogen-bond donors (Lipinski definition) is 3. The lowest BCUT2D eigenvalue weighted by Crippen LogP contribution is -2.39. The summed E-state index contributed by atoms with van der Waals surface area (Å²) >= 11 is 6.13. The van der Waals surface area contributed by atoms with Crippen LogP contribution in [0.15, 0.2) is 30.3 Å². The van der Waals surface area contributed by atoms with E-state index in [0.29, 0.717) is 40.3 Å². The minimum absolute atomic E-state index is 0. The first kappa shape index (κ1) is 24.7. The molecule has 1 aliphatic rings. The normalized spacial score (nSPS) is 15.5. The number of phenolic OH excluding ortho intramolecular Hbond substituents is 1. The predicted octanol–water partition coefficient (Wildman–Crippen LogP) is 4.30. The number of carbonyl (C=O) groups excluding carboxylic acids is 2. The molecule has 1 atom stereocenters. The number of nitrogens with one attached hydrogen (secondary N) is 2. The number of aromatic nitrogens is 1. The van der Waals surface area contributed by atoms with Crippen LogP contribution in [-0.2, 0) is 16.0 Å². The molecule has 3 N–H and O–H groups in total. The smallest absolute Gasteiger partial charge is 0.356 e. The van der Waals surface area contributed by atoms with E-state index in [9.17, 15) is 14.7 Å². The molecule has 1 aliphatic heterocycles. The molecule has 0 fully saturated rings. The van der Waals surface area contributed by atoms with Gasteiger partial charge in [-0.15, -0.1) is 12.4 Å². The predicted molar refractivity (Wildman–Crippen MR) is 129 cm³/mol. The van der Waals surface area contributed by atoms with E-state index in [4.69, 9.17) is 21.1 Å². The molecule has 0 spiro atoms. The van der Waals surface area contributed by atoms with Crippen molar-refractivity contribution >= 4 is 52.5 Å². The van der Waals surface area contributed by atoms with Crippen molar-refractivity contribution in [3.05, 3.63) is 52.2 Å². The van der Waals surface area contributed by atoms with Crippen molar-refractivity contribution in [3.63, 3.8) is 0 Å². The topological polar surface area (TPSA) is 104 Å². The lowest BCUT2D eigenvalue weighted by Gasteiger charge is -2.35. The van der Waals surface area contributed by atoms with Gasteiger partial charge in [0.2, 0.25) is 5.91 Å². The second-order valence-corrected chi connectivity index (χ2v) is 8.16. The number of methoxy groups -OCH3 is 2. The molecule has 33 heavy (non-hydrogen) atoms. The third kappa shape index (κ3) is 4.73. The zero-order valence-electron chi connectivity index (χ0n) is 18.4. The minimum atomic E-state index is -0.584. The van der Waals surface area contributed by atoms with E-state index < -0.39 is 5.97 Å². The van der Waals surface area contributed by atoms with E-state index in [-0.39, 0.29) is 42.3 Å². The highest BCUT2D eigenvalue weighted by atomic mass is 35.5. The molecule has 10 heteroatoms. The van der Waals surface area contributed by atoms with Gasteiger partial charge in [0.15, 0.2) is 11.5 Å². The molecular weight excluding hydrogens is 469 g/mol. The van der Waals surface area contributed by atoms with Crippen molar-refractivity contribution in [2.24, 2.45) is 0 Å². The Kier molecular flexibility index (Phi) is 7.41. The molecular formula is C23H25Cl2N3O5. The fourth-order valence-corrected chi connectivity index (χ4v) is 4.35. The Morgan fingerprint density at radius 2 is 2.03 bits per heavy atom. The summed E-state index contributed by atoms with van der Waals surface area (Å²) in [5.74, 6) is -0.338. The van der Waals surface area contributed by atoms with Gasteiger partial charge in [-0.1, -0.05) is 11.6 Å². The Hall–Kier alpha value is -2.94. The second kappa shape index (κ2) is 9.91. The third-order valence-electron chi connectivity index (χ3n) is 5.87. The van der Waals surface area contributed by atoms with Crippen LogP contribution in [0.1, 0.15) is 34.6 Å². The van der Waals surface area contributed by atoms with Crippen molar-refractivity contribution in [3.8, 4) is 11.5 Å². The number of fused-ring (bicyclic) bond motifs is 2. The largest absolute Gasteiger partial charge is 0.504 e. The maximum absolute atomic E-state index is 13.0. The molecule has 0 saturated heterocycles. The van der Waals surface area contributed by atoms with Crippen molar-refractivity contribution < 1.29 is 24.2 Å². The summed E-state index contributed by atoms with van der Waals surface area (Å²) in [6.45, 7) is 2.78. The SMILES string of the molecule is COC(=O)c1[nH]c2ccc(Cl)cc2c1NC(=O)CN1CCc2cc(O)c(OC)cc2[C@H]1C.Cl. The van der Waals surface area contributed by atoms with E-state index in [1.807, 2.05) is 17.9 Å². The molecule has 0 aliphatic carbocycles. The van der Waals surface area contributed by atoms with Crippen LogP contribution in [0.4, 0.5) is 5.69 Å². The number of carbonyl (C=O) groups is 2. The monoisotopic (exact) mass is 493 g/mol. The molecule has 0 unspecified atom stereocenters. The molecule has 0 saturated carbocycles. The van der Waals surface area contributed by atoms with Crippen molar-refractivity contribution in [2.75, 3.05) is 32.6 Å². The number of amides is 1. The highest BCUT2D eigenvalue weighted by Gasteiger charge is 2.28. The lowest BCUT2D eigenvalue weighted by molar-refractivity contribution is -0.117. The summed E-state index contributed by atoms with van der Waals surface area (Å²) < 4.78 is 10.1. The molecule has 2 heterocycles. The number of esters is 1. The summed E-state index contributed by atoms with van der Waals surface area (Å²) in [6.07, 6.45) is 0.695. The van der Waals surface area contributed by atoms with Gasteiger partial charge in [0, 0.05) is 28.5 Å². The average molecular weight is 494 g/mol. The Labute approximate surface area is 202 Å². The molecule has 0 radical (unpaired) electrons. The van der Waals surface area contributed by atoms with Gasteiger partial charge in [0.25, 0.3) is 0 Å². The molecule has 8 nitrogen and oxygen atoms in total. The first-order valence-electron chi connectivity index (χ1n) is 10.2. The average Bonchev–Trinajstić information content (AvgIpc) is 3.12. The van der Waals surface area contributed by atoms with Gasteiger partial charge in [0.05, 0.1) is 26.5 Å². The second-order valence-electron chi connectivity index (χ2n) is 7.72. The maximum atomic E-state index is 13.0. The number of aromatic hydroxyl groups is 1. The molecule has 4 rings (SSSR count). The number of aromatic amines is 1. The number of ether oxygens (including phenoxy) is 2. The third-order valence-corrected chi connectivity index (χ3v) is 6.10. The van der Waals surface area contributed by atoms with E-state index >= 15 is 0 Å². The van der Waals surface area contributed by atoms with E-state index in [1.165, 1.54) is 14.2 Å². The van der Waals surface area contributed by atoms with Gasteiger partial charge >= 0.3 is 5.97 Å². The Balaban J connectivity index is 0.00000306. The molecule has 2 aromatic carbocycles. The van der Waals surface area contributed by atoms with Crippen LogP contribution >= 0.6 is 24.0 Å². The van der Waals surface area contributed by atoms with Crippen LogP contribution in [0.25, 0.3) is 10.9 Å². The number of hydrogen-bond acceptors (Lipinski definition) is 6. The zero-order valence-corrected chi connectivity index (χ0v) is 20.0. The Morgan fingerprint density at radius 1 is 1.27 bits per heavy atom. The fraction of sp³-hybridized carbons (Fsp3) is 0.304. The summed E-state index contributed by atoms with van der Waals surface area (Å²) in [5.41, 5.74) is 3.21. The van der Waals surface area contributed by atoms with Crippen molar-refractivity contribution in [1.82, 2.24) is 9.88 Å². The number of anilines is 1. The van der Waals surface area contributed by atoms with Gasteiger partial charge in [0.1, 0.15) is 5.69 Å². The van der Waals surface area contributed by atoms with E-state index in [1.54, 1.807) is 24.3 Å². The Bertz CT molecular complexity index is 1210. The zero-order chi connectivity index (χ0) is 23.0. The van der Waals surface area contributed by atoms with E-state index in [0.717, 1.165) is 11.1 Å². The first-order valence-corrected chi connectivity index (χ1v) is 10.5. The lowest BCUT2D eigenvalue weighted by atomic mass is 9.93. The number of nitrogens with zero attached hydrogens (tertiary/aromatic N) is 1. The highest BCUT2D eigenvalue weighted by Crippen LogP contribution is 2.37. The van der Waals surface area contributed by atoms with Crippen molar-refractivity contribution in [1.29, 1.82) is 0 Å². The van der Waals surface area contributed by atoms with Crippen LogP contribution in [0.2, 0.25) is 5.02 Å². The molecule has 1 aromatic heterocycles. The van der Waals surface area contributed by atoms with Crippen LogP contribution in [-0.4, -0.2) is 54.2 Å². The number of rotatable bonds is 5. The van der Waals surface area contributed by atoms with Gasteiger partial charge in [-0.3, -0.25) is 9.69 Å². The maximum Gasteiger partial charge on any atom is 0.356 e. The van der Waals surface area contributed by atoms with Crippen molar-refractivity contribution in [2.45, 2.75) is 19.4 Å². The summed E-state index contributed by atoms with van der Waals surface area (Å²) in [7, 11) is 2.79. The van der Waals surface area contributed by atoms with Gasteiger partial charge in [-0.2, -0.15) is 0 Å². The Morgan fingerprint density at radius 3 is 2.73 bits per heavy atom. The minimum Gasteiger partial charge on any atom is -0.504 e. The van der Waals surface area contributed by atoms with E-state index in [2.05, 4.69) is 10.3 Å². The van der Waals surface area contributed by atoms with Crippen LogP contribution < -0.4 is 10.1 Å². The summed E-state index contributed by atoms with van der Waals surface area (Å²) in [4.78, 5) is 30.3. The summed E-state index contributed by atoms with van der Waals surface area (Å²) in [5, 5.41) is 14.0. The fourth-order valence-electron chi connectivity index (χ4n) is 4.18. The molecule has 1 amide bonds. The van der Waals surface area contributed by atoms with Gasteiger partial charge in [-0.25, -0.2) is 4.79 Å². The van der Waals surface area contributed by atoms with Crippen LogP contribution in [0.3, 0.4) is 0 Å². The number of H-pyrrole nitrogens is 1. The van der Waals surface area contributed by atoms with Gasteiger partial charge in [-0.05, 0) is 54.8 Å². The molecule has 0 bridgehead atoms. The quantitative estimate of drug-likeness (QED) is 0.457. The number of benzene rings is 2. The number of halogens is 2. The van der Waals surface area contributed by atoms with Crippen LogP contribution in [0.5, 0.6) is 11.5 Å². The highest BCUT2D eigenvalue weighted by molar-refractivity contribution is 6.31. The molecule has 176 valence electrons. The standard InChI is InChI=1S/C23H24ClN3O5.ClH/c1-12-15-10-19(31-2)18(28)8-13(15)6-7-27(12)11-20(29)26-21-16-9-14(24)4-5-17(16)25-22(21)23(30)32-3;/h4-5,8-10,12,25,28H,6-7,11H2,1-3H3,(H,26,29);1H/t12-;/m1./s1. The summed E-state index contributed by atoms with van der Waals surface area (Å²) in [6, 6.07) is 8.61. The first-order chi connectivity index (χ1) is 15.3. The van der Waals surface area contributed by atoms with Gasteiger partial charge < -0.3 is 24.9 Å². The van der Waals surface area contributed by atoms with Crippen LogP contribution in [0, 0.1) is 0 Å². The number of phenols is 1.